The van der Waals surface area contributed by atoms with Crippen LogP contribution < -0.4 is 0 Å². The van der Waals surface area contributed by atoms with Gasteiger partial charge in [0, 0.05) is 12.4 Å². The standard InChI is InChI=1S/C15H18F3N3OS/c1-11-6-3-4-7-13(11)21-12(2)19-20-14(21)23-9-5-8-22-10-15(16,17)18/h3-4,6-7H,5,8-10H2,1-2H3. The maximum atomic E-state index is 12.0. The fourth-order valence-corrected chi connectivity index (χ4v) is 2.94. The van der Waals surface area contributed by atoms with Crippen LogP contribution in [0.25, 0.3) is 5.69 Å². The Kier molecular flexibility index (Phi) is 6.06. The summed E-state index contributed by atoms with van der Waals surface area (Å²) in [4.78, 5) is 0. The van der Waals surface area contributed by atoms with E-state index in [1.54, 1.807) is 0 Å². The summed E-state index contributed by atoms with van der Waals surface area (Å²) in [5.74, 6) is 1.39. The van der Waals surface area contributed by atoms with E-state index in [0.717, 1.165) is 22.2 Å². The van der Waals surface area contributed by atoms with Crippen LogP contribution in [0.2, 0.25) is 0 Å². The van der Waals surface area contributed by atoms with Crippen molar-refractivity contribution >= 4 is 11.8 Å². The van der Waals surface area contributed by atoms with Gasteiger partial charge in [-0.05, 0) is 31.9 Å². The SMILES string of the molecule is Cc1ccccc1-n1c(C)nnc1SCCCOCC(F)(F)F. The normalized spacial score (nSPS) is 11.9. The first-order chi connectivity index (χ1) is 10.9. The maximum Gasteiger partial charge on any atom is 0.411 e. The van der Waals surface area contributed by atoms with Crippen molar-refractivity contribution < 1.29 is 17.9 Å². The zero-order valence-corrected chi connectivity index (χ0v) is 13.7. The van der Waals surface area contributed by atoms with Crippen LogP contribution >= 0.6 is 11.8 Å². The number of aromatic nitrogens is 3. The molecule has 1 aromatic heterocycles. The van der Waals surface area contributed by atoms with Crippen LogP contribution in [0.3, 0.4) is 0 Å². The molecule has 1 heterocycles. The second-order valence-electron chi connectivity index (χ2n) is 5.02. The molecular weight excluding hydrogens is 327 g/mol. The Morgan fingerprint density at radius 3 is 2.61 bits per heavy atom. The third-order valence-corrected chi connectivity index (χ3v) is 4.10. The van der Waals surface area contributed by atoms with Crippen molar-refractivity contribution in [2.45, 2.75) is 31.6 Å². The Morgan fingerprint density at radius 1 is 1.17 bits per heavy atom. The van der Waals surface area contributed by atoms with E-state index >= 15 is 0 Å². The van der Waals surface area contributed by atoms with Crippen molar-refractivity contribution in [3.8, 4) is 5.69 Å². The number of para-hydroxylation sites is 1. The lowest BCUT2D eigenvalue weighted by atomic mass is 10.2. The molecule has 0 aliphatic rings. The lowest BCUT2D eigenvalue weighted by Crippen LogP contribution is -2.17. The van der Waals surface area contributed by atoms with Crippen LogP contribution in [0, 0.1) is 13.8 Å². The van der Waals surface area contributed by atoms with Crippen LogP contribution in [0.4, 0.5) is 13.2 Å². The zero-order chi connectivity index (χ0) is 16.9. The number of benzene rings is 1. The van der Waals surface area contributed by atoms with Gasteiger partial charge < -0.3 is 4.74 Å². The third kappa shape index (κ3) is 5.24. The summed E-state index contributed by atoms with van der Waals surface area (Å²) in [6.07, 6.45) is -3.75. The number of hydrogen-bond acceptors (Lipinski definition) is 4. The quantitative estimate of drug-likeness (QED) is 0.563. The first-order valence-corrected chi connectivity index (χ1v) is 8.12. The molecule has 0 unspecified atom stereocenters. The summed E-state index contributed by atoms with van der Waals surface area (Å²) >= 11 is 1.46. The summed E-state index contributed by atoms with van der Waals surface area (Å²) in [5, 5.41) is 8.97. The Morgan fingerprint density at radius 2 is 1.91 bits per heavy atom. The minimum Gasteiger partial charge on any atom is -0.372 e. The van der Waals surface area contributed by atoms with Crippen LogP contribution in [-0.4, -0.2) is 39.9 Å². The van der Waals surface area contributed by atoms with E-state index in [4.69, 9.17) is 0 Å². The van der Waals surface area contributed by atoms with E-state index in [1.807, 2.05) is 42.7 Å². The molecule has 0 saturated carbocycles. The molecule has 0 radical (unpaired) electrons. The van der Waals surface area contributed by atoms with Crippen LogP contribution in [0.1, 0.15) is 17.8 Å². The predicted molar refractivity (Wildman–Crippen MR) is 83.0 cm³/mol. The van der Waals surface area contributed by atoms with Gasteiger partial charge in [-0.1, -0.05) is 30.0 Å². The molecule has 2 rings (SSSR count). The average molecular weight is 345 g/mol. The fourth-order valence-electron chi connectivity index (χ4n) is 2.04. The van der Waals surface area contributed by atoms with Gasteiger partial charge in [0.15, 0.2) is 5.16 Å². The van der Waals surface area contributed by atoms with Gasteiger partial charge in [-0.25, -0.2) is 0 Å². The van der Waals surface area contributed by atoms with Gasteiger partial charge in [0.25, 0.3) is 0 Å². The van der Waals surface area contributed by atoms with Crippen molar-refractivity contribution in [1.29, 1.82) is 0 Å². The number of alkyl halides is 3. The first kappa shape index (κ1) is 17.8. The van der Waals surface area contributed by atoms with Gasteiger partial charge in [0.2, 0.25) is 0 Å². The number of halogens is 3. The smallest absolute Gasteiger partial charge is 0.372 e. The third-order valence-electron chi connectivity index (χ3n) is 3.08. The molecule has 0 aliphatic heterocycles. The second-order valence-corrected chi connectivity index (χ2v) is 6.08. The molecule has 0 amide bonds. The summed E-state index contributed by atoms with van der Waals surface area (Å²) in [6.45, 7) is 2.75. The van der Waals surface area contributed by atoms with Crippen LogP contribution in [0.15, 0.2) is 29.4 Å². The van der Waals surface area contributed by atoms with Gasteiger partial charge >= 0.3 is 6.18 Å². The minimum atomic E-state index is -4.27. The molecular formula is C15H18F3N3OS. The molecule has 0 bridgehead atoms. The topological polar surface area (TPSA) is 39.9 Å². The van der Waals surface area contributed by atoms with Crippen molar-refractivity contribution in [1.82, 2.24) is 14.8 Å². The Bertz CT molecular complexity index is 643. The minimum absolute atomic E-state index is 0.0734. The highest BCUT2D eigenvalue weighted by Crippen LogP contribution is 2.24. The van der Waals surface area contributed by atoms with Gasteiger partial charge in [-0.2, -0.15) is 13.2 Å². The van der Waals surface area contributed by atoms with Crippen LogP contribution in [-0.2, 0) is 4.74 Å². The van der Waals surface area contributed by atoms with Gasteiger partial charge in [-0.3, -0.25) is 4.57 Å². The number of nitrogens with zero attached hydrogens (tertiary/aromatic N) is 3. The molecule has 23 heavy (non-hydrogen) atoms. The van der Waals surface area contributed by atoms with Crippen molar-refractivity contribution in [2.24, 2.45) is 0 Å². The Balaban J connectivity index is 1.91. The maximum absolute atomic E-state index is 12.0. The average Bonchev–Trinajstić information content (AvgIpc) is 2.83. The van der Waals surface area contributed by atoms with Crippen molar-refractivity contribution in [2.75, 3.05) is 19.0 Å². The molecule has 8 heteroatoms. The van der Waals surface area contributed by atoms with E-state index in [2.05, 4.69) is 14.9 Å². The second kappa shape index (κ2) is 7.83. The summed E-state index contributed by atoms with van der Waals surface area (Å²) in [7, 11) is 0. The number of aryl methyl sites for hydroxylation is 2. The van der Waals surface area contributed by atoms with E-state index in [-0.39, 0.29) is 6.61 Å². The largest absolute Gasteiger partial charge is 0.411 e. The van der Waals surface area contributed by atoms with E-state index in [0.29, 0.717) is 12.2 Å². The molecule has 0 fully saturated rings. The van der Waals surface area contributed by atoms with E-state index < -0.39 is 12.8 Å². The molecule has 0 saturated heterocycles. The van der Waals surface area contributed by atoms with E-state index in [1.165, 1.54) is 11.8 Å². The Labute approximate surface area is 137 Å². The number of ether oxygens (including phenoxy) is 1. The summed E-state index contributed by atoms with van der Waals surface area (Å²) in [6, 6.07) is 7.90. The molecule has 0 atom stereocenters. The molecule has 4 nitrogen and oxygen atoms in total. The van der Waals surface area contributed by atoms with Crippen LogP contribution in [0.5, 0.6) is 0 Å². The summed E-state index contributed by atoms with van der Waals surface area (Å²) in [5.41, 5.74) is 2.11. The number of thioether (sulfide) groups is 1. The first-order valence-electron chi connectivity index (χ1n) is 7.14. The monoisotopic (exact) mass is 345 g/mol. The zero-order valence-electron chi connectivity index (χ0n) is 12.9. The molecule has 126 valence electrons. The Hall–Kier alpha value is -1.54. The predicted octanol–water partition coefficient (Wildman–Crippen LogP) is 3.95. The molecule has 2 aromatic rings. The van der Waals surface area contributed by atoms with E-state index in [9.17, 15) is 13.2 Å². The van der Waals surface area contributed by atoms with Crippen molar-refractivity contribution in [3.63, 3.8) is 0 Å². The highest BCUT2D eigenvalue weighted by atomic mass is 32.2. The molecule has 1 aromatic carbocycles. The summed E-state index contributed by atoms with van der Waals surface area (Å²) < 4.78 is 42.4. The van der Waals surface area contributed by atoms with Gasteiger partial charge in [0.1, 0.15) is 12.4 Å². The van der Waals surface area contributed by atoms with Gasteiger partial charge in [-0.15, -0.1) is 10.2 Å². The van der Waals surface area contributed by atoms with Crippen molar-refractivity contribution in [3.05, 3.63) is 35.7 Å². The van der Waals surface area contributed by atoms with Gasteiger partial charge in [0.05, 0.1) is 5.69 Å². The highest BCUT2D eigenvalue weighted by molar-refractivity contribution is 7.99. The lowest BCUT2D eigenvalue weighted by molar-refractivity contribution is -0.173. The molecule has 0 N–H and O–H groups in total. The number of rotatable bonds is 7. The molecule has 0 aliphatic carbocycles. The fraction of sp³-hybridized carbons (Fsp3) is 0.467. The highest BCUT2D eigenvalue weighted by Gasteiger charge is 2.27. The molecule has 0 spiro atoms. The number of hydrogen-bond donors (Lipinski definition) is 0. The lowest BCUT2D eigenvalue weighted by Gasteiger charge is -2.11.